The molecule has 72 heavy (non-hydrogen) atoms. The SMILES string of the molecule is Cc1ncsc1-c1ccc(CNC(=O)[C@@H]2C[C@@H](O)CN2C(=O)C(NC(=O)CC(=O)CCCOCCCCCOc2ccc(N3C(=S)N(c4ccc(C#N)c(C(F)(F)F)c4)C(=O)C3(C)C)cc2)C(C)(C)C)cc1. The van der Waals surface area contributed by atoms with Gasteiger partial charge in [0.05, 0.1) is 58.1 Å². The number of thiocarbonyl (C=S) groups is 1. The lowest BCUT2D eigenvalue weighted by atomic mass is 9.85. The second kappa shape index (κ2) is 23.5. The van der Waals surface area contributed by atoms with Crippen molar-refractivity contribution in [1.82, 2.24) is 20.5 Å². The van der Waals surface area contributed by atoms with Gasteiger partial charge in [-0.15, -0.1) is 11.3 Å². The van der Waals surface area contributed by atoms with Crippen LogP contribution in [-0.2, 0) is 41.4 Å². The average molecular weight is 1030 g/mol. The van der Waals surface area contributed by atoms with Gasteiger partial charge < -0.3 is 35.0 Å². The summed E-state index contributed by atoms with van der Waals surface area (Å²) in [6.07, 6.45) is -3.31. The number of aliphatic hydroxyl groups excluding tert-OH is 1. The third-order valence-electron chi connectivity index (χ3n) is 12.5. The summed E-state index contributed by atoms with van der Waals surface area (Å²) in [5.74, 6) is -1.80. The normalized spacial score (nSPS) is 17.2. The molecule has 2 aliphatic heterocycles. The Morgan fingerprint density at radius 1 is 0.972 bits per heavy atom. The fourth-order valence-electron chi connectivity index (χ4n) is 8.56. The van der Waals surface area contributed by atoms with Crippen LogP contribution < -0.4 is 25.2 Å². The molecule has 1 unspecified atom stereocenters. The van der Waals surface area contributed by atoms with Crippen molar-refractivity contribution in [2.45, 2.75) is 123 Å². The summed E-state index contributed by atoms with van der Waals surface area (Å²) in [5, 5.41) is 25.4. The van der Waals surface area contributed by atoms with E-state index in [4.69, 9.17) is 21.7 Å². The van der Waals surface area contributed by atoms with Gasteiger partial charge in [0.2, 0.25) is 17.7 Å². The Morgan fingerprint density at radius 2 is 1.64 bits per heavy atom. The molecule has 0 aliphatic carbocycles. The molecule has 0 spiro atoms. The lowest BCUT2D eigenvalue weighted by Gasteiger charge is -2.35. The quantitative estimate of drug-likeness (QED) is 0.0414. The minimum Gasteiger partial charge on any atom is -0.494 e. The van der Waals surface area contributed by atoms with Gasteiger partial charge in [0.1, 0.15) is 29.2 Å². The van der Waals surface area contributed by atoms with Gasteiger partial charge in [-0.25, -0.2) is 4.98 Å². The minimum atomic E-state index is -4.81. The molecule has 6 rings (SSSR count). The second-order valence-electron chi connectivity index (χ2n) is 19.4. The number of alkyl halides is 3. The molecule has 2 fully saturated rings. The number of aromatic nitrogens is 1. The highest BCUT2D eigenvalue weighted by Gasteiger charge is 2.51. The van der Waals surface area contributed by atoms with Crippen molar-refractivity contribution in [2.75, 3.05) is 36.2 Å². The number of carbonyl (C=O) groups excluding carboxylic acids is 5. The third kappa shape index (κ3) is 13.4. The number of Topliss-reactive ketones (excluding diaryl/α,β-unsaturated/α-hetero) is 1. The summed E-state index contributed by atoms with van der Waals surface area (Å²) < 4.78 is 52.7. The van der Waals surface area contributed by atoms with E-state index >= 15 is 0 Å². The summed E-state index contributed by atoms with van der Waals surface area (Å²) in [6, 6.07) is 17.2. The van der Waals surface area contributed by atoms with Crippen molar-refractivity contribution in [3.8, 4) is 22.3 Å². The van der Waals surface area contributed by atoms with Crippen LogP contribution in [0.1, 0.15) is 102 Å². The molecule has 3 N–H and O–H groups in total. The first-order chi connectivity index (χ1) is 34.0. The third-order valence-corrected chi connectivity index (χ3v) is 13.8. The average Bonchev–Trinajstić information content (AvgIpc) is 3.99. The predicted octanol–water partition coefficient (Wildman–Crippen LogP) is 8.04. The van der Waals surface area contributed by atoms with Crippen molar-refractivity contribution in [3.63, 3.8) is 0 Å². The number of likely N-dealkylation sites (tertiary alicyclic amines) is 1. The van der Waals surface area contributed by atoms with Gasteiger partial charge in [-0.3, -0.25) is 28.9 Å². The van der Waals surface area contributed by atoms with Crippen molar-refractivity contribution in [3.05, 3.63) is 94.6 Å². The highest BCUT2D eigenvalue weighted by atomic mass is 32.1. The number of amides is 4. The standard InChI is InChI=1S/C52H60F3N7O8S2/c1-32-44(72-31-58-32)34-14-12-33(13-15-34)29-57-46(66)42-26-39(64)30-60(42)47(67)45(50(2,3)4)59-43(65)27-38(63)11-10-23-69-22-8-7-9-24-70-40-20-18-36(19-21-40)62-49(71)61(48(68)51(62,5)6)37-17-16-35(28-56)41(25-37)52(53,54)55/h12-21,25,31,39,42,45,64H,7-11,22-24,26-27,29-30H2,1-6H3,(H,57,66)(H,59,65)/t39-,42+,45?/m1/s1. The number of nitrogens with one attached hydrogen (secondary N) is 2. The maximum Gasteiger partial charge on any atom is 0.417 e. The predicted molar refractivity (Wildman–Crippen MR) is 270 cm³/mol. The molecule has 4 amide bonds. The van der Waals surface area contributed by atoms with E-state index in [1.807, 2.05) is 31.2 Å². The summed E-state index contributed by atoms with van der Waals surface area (Å²) in [7, 11) is 0. The zero-order valence-electron chi connectivity index (χ0n) is 41.1. The van der Waals surface area contributed by atoms with Crippen molar-refractivity contribution in [2.24, 2.45) is 5.41 Å². The molecule has 15 nitrogen and oxygen atoms in total. The van der Waals surface area contributed by atoms with Crippen LogP contribution in [0.15, 0.2) is 72.2 Å². The molecule has 2 aliphatic rings. The van der Waals surface area contributed by atoms with E-state index in [9.17, 15) is 47.5 Å². The molecule has 1 aromatic heterocycles. The highest BCUT2D eigenvalue weighted by Crippen LogP contribution is 2.40. The van der Waals surface area contributed by atoms with Crippen LogP contribution >= 0.6 is 23.6 Å². The smallest absolute Gasteiger partial charge is 0.417 e. The number of nitriles is 1. The Kier molecular flexibility index (Phi) is 18.0. The fraction of sp³-hybridized carbons (Fsp3) is 0.462. The van der Waals surface area contributed by atoms with E-state index in [2.05, 4.69) is 15.6 Å². The van der Waals surface area contributed by atoms with E-state index in [1.54, 1.807) is 86.7 Å². The van der Waals surface area contributed by atoms with Crippen LogP contribution in [0.4, 0.5) is 24.5 Å². The summed E-state index contributed by atoms with van der Waals surface area (Å²) in [5.41, 5.74) is 1.34. The van der Waals surface area contributed by atoms with Gasteiger partial charge >= 0.3 is 6.18 Å². The maximum atomic E-state index is 14.0. The molecule has 4 aromatic rings. The summed E-state index contributed by atoms with van der Waals surface area (Å²) >= 11 is 7.17. The van der Waals surface area contributed by atoms with Crippen LogP contribution in [0, 0.1) is 23.7 Å². The van der Waals surface area contributed by atoms with Crippen LogP contribution in [0.3, 0.4) is 0 Å². The molecule has 0 radical (unpaired) electrons. The topological polar surface area (TPSA) is 194 Å². The van der Waals surface area contributed by atoms with Crippen LogP contribution in [0.5, 0.6) is 5.75 Å². The summed E-state index contributed by atoms with van der Waals surface area (Å²) in [6.45, 7) is 11.9. The number of thiazole rings is 1. The number of ketones is 1. The summed E-state index contributed by atoms with van der Waals surface area (Å²) in [4.78, 5) is 76.1. The number of benzene rings is 3. The molecule has 3 aromatic carbocycles. The maximum absolute atomic E-state index is 14.0. The fourth-order valence-corrected chi connectivity index (χ4v) is 9.89. The number of anilines is 2. The monoisotopic (exact) mass is 1030 g/mol. The lowest BCUT2D eigenvalue weighted by Crippen LogP contribution is -2.57. The molecule has 20 heteroatoms. The number of rotatable bonds is 21. The Hall–Kier alpha value is -6.27. The molecule has 384 valence electrons. The molecular weight excluding hydrogens is 972 g/mol. The van der Waals surface area contributed by atoms with Gasteiger partial charge in [0.15, 0.2) is 5.11 Å². The first-order valence-corrected chi connectivity index (χ1v) is 25.0. The van der Waals surface area contributed by atoms with E-state index in [-0.39, 0.29) is 42.5 Å². The Balaban J connectivity index is 0.866. The van der Waals surface area contributed by atoms with E-state index in [0.29, 0.717) is 37.7 Å². The number of carbonyl (C=O) groups is 5. The molecule has 3 heterocycles. The molecule has 0 bridgehead atoms. The number of hydrogen-bond acceptors (Lipinski definition) is 12. The Morgan fingerprint density at radius 3 is 2.28 bits per heavy atom. The van der Waals surface area contributed by atoms with Gasteiger partial charge in [-0.1, -0.05) is 45.0 Å². The highest BCUT2D eigenvalue weighted by molar-refractivity contribution is 7.81. The second-order valence-corrected chi connectivity index (χ2v) is 20.7. The van der Waals surface area contributed by atoms with Crippen molar-refractivity contribution < 1.29 is 51.7 Å². The van der Waals surface area contributed by atoms with Crippen molar-refractivity contribution in [1.29, 1.82) is 5.26 Å². The van der Waals surface area contributed by atoms with Gasteiger partial charge in [-0.05, 0) is 118 Å². The largest absolute Gasteiger partial charge is 0.494 e. The molecule has 2 saturated heterocycles. The number of β-amino-alcohol motifs (C(OH)–C–C–N with tert-alkyl or cyclic N) is 1. The molecular formula is C52H60F3N7O8S2. The van der Waals surface area contributed by atoms with E-state index in [0.717, 1.165) is 58.0 Å². The number of unbranched alkanes of at least 4 members (excludes halogenated alkanes) is 2. The first-order valence-electron chi connectivity index (χ1n) is 23.7. The van der Waals surface area contributed by atoms with Gasteiger partial charge in [0.25, 0.3) is 5.91 Å². The number of nitrogens with zero attached hydrogens (tertiary/aromatic N) is 5. The van der Waals surface area contributed by atoms with Crippen LogP contribution in [0.25, 0.3) is 10.4 Å². The first kappa shape index (κ1) is 55.1. The number of halogens is 3. The Bertz CT molecular complexity index is 2660. The number of aliphatic hydroxyl groups is 1. The Labute approximate surface area is 426 Å². The zero-order valence-corrected chi connectivity index (χ0v) is 42.8. The number of ether oxygens (including phenoxy) is 2. The van der Waals surface area contributed by atoms with Gasteiger partial charge in [-0.2, -0.15) is 18.4 Å². The van der Waals surface area contributed by atoms with Crippen LogP contribution in [0.2, 0.25) is 0 Å². The molecule has 0 saturated carbocycles. The number of hydrogen-bond donors (Lipinski definition) is 3. The lowest BCUT2D eigenvalue weighted by molar-refractivity contribution is -0.144. The zero-order chi connectivity index (χ0) is 52.5. The molecule has 3 atom stereocenters. The number of aryl methyl sites for hydroxylation is 1. The van der Waals surface area contributed by atoms with Gasteiger partial charge in [0, 0.05) is 44.8 Å². The van der Waals surface area contributed by atoms with E-state index in [1.165, 1.54) is 11.0 Å². The van der Waals surface area contributed by atoms with Crippen LogP contribution in [-0.4, -0.2) is 99.6 Å². The minimum absolute atomic E-state index is 0.00949. The van der Waals surface area contributed by atoms with E-state index < -0.39 is 76.5 Å². The van der Waals surface area contributed by atoms with Crippen molar-refractivity contribution >= 4 is 69.5 Å².